The summed E-state index contributed by atoms with van der Waals surface area (Å²) >= 11 is 3.46. The number of nitrogens with one attached hydrogen (secondary N) is 1. The third kappa shape index (κ3) is 3.32. The van der Waals surface area contributed by atoms with E-state index in [1.54, 1.807) is 0 Å². The lowest BCUT2D eigenvalue weighted by molar-refractivity contribution is 0.790. The fourth-order valence-corrected chi connectivity index (χ4v) is 2.14. The minimum Gasteiger partial charge on any atom is -0.377 e. The van der Waals surface area contributed by atoms with Crippen LogP contribution in [0.1, 0.15) is 11.6 Å². The first-order valence-electron chi connectivity index (χ1n) is 5.56. The summed E-state index contributed by atoms with van der Waals surface area (Å²) in [6.07, 6.45) is 0. The van der Waals surface area contributed by atoms with Gasteiger partial charge in [-0.15, -0.1) is 0 Å². The number of hydrogen-bond donors (Lipinski definition) is 2. The summed E-state index contributed by atoms with van der Waals surface area (Å²) in [6.45, 7) is 0.566. The van der Waals surface area contributed by atoms with E-state index in [1.165, 1.54) is 5.56 Å². The molecule has 0 radical (unpaired) electrons. The molecule has 0 aliphatic carbocycles. The Morgan fingerprint density at radius 3 is 2.47 bits per heavy atom. The molecular weight excluding hydrogens is 276 g/mol. The van der Waals surface area contributed by atoms with Crippen molar-refractivity contribution >= 4 is 21.6 Å². The number of rotatable bonds is 4. The van der Waals surface area contributed by atoms with Gasteiger partial charge >= 0.3 is 0 Å². The topological polar surface area (TPSA) is 38.0 Å². The van der Waals surface area contributed by atoms with Gasteiger partial charge in [0.15, 0.2) is 0 Å². The Bertz CT molecular complexity index is 471. The van der Waals surface area contributed by atoms with Crippen LogP contribution in [-0.4, -0.2) is 6.54 Å². The Morgan fingerprint density at radius 1 is 1.06 bits per heavy atom. The zero-order valence-corrected chi connectivity index (χ0v) is 11.0. The van der Waals surface area contributed by atoms with Gasteiger partial charge in [-0.25, -0.2) is 0 Å². The maximum Gasteiger partial charge on any atom is 0.0636 e. The molecule has 2 aromatic carbocycles. The molecule has 1 atom stereocenters. The molecule has 0 fully saturated rings. The molecule has 1 unspecified atom stereocenters. The van der Waals surface area contributed by atoms with Gasteiger partial charge in [-0.05, 0) is 23.8 Å². The van der Waals surface area contributed by atoms with Crippen LogP contribution in [0, 0.1) is 0 Å². The predicted molar refractivity (Wildman–Crippen MR) is 76.0 cm³/mol. The quantitative estimate of drug-likeness (QED) is 0.904. The van der Waals surface area contributed by atoms with Gasteiger partial charge in [0, 0.05) is 16.7 Å². The molecule has 2 aromatic rings. The van der Waals surface area contributed by atoms with Crippen molar-refractivity contribution in [2.45, 2.75) is 6.04 Å². The van der Waals surface area contributed by atoms with E-state index in [2.05, 4.69) is 33.4 Å². The van der Waals surface area contributed by atoms with Gasteiger partial charge in [0.2, 0.25) is 0 Å². The zero-order chi connectivity index (χ0) is 12.1. The van der Waals surface area contributed by atoms with E-state index < -0.39 is 0 Å². The lowest BCUT2D eigenvalue weighted by Crippen LogP contribution is -2.20. The van der Waals surface area contributed by atoms with Crippen LogP contribution in [0.25, 0.3) is 0 Å². The molecule has 0 saturated heterocycles. The highest BCUT2D eigenvalue weighted by atomic mass is 79.9. The maximum absolute atomic E-state index is 5.82. The lowest BCUT2D eigenvalue weighted by Gasteiger charge is -2.18. The van der Waals surface area contributed by atoms with Gasteiger partial charge in [0.25, 0.3) is 0 Å². The third-order valence-electron chi connectivity index (χ3n) is 2.60. The van der Waals surface area contributed by atoms with Crippen LogP contribution < -0.4 is 11.1 Å². The van der Waals surface area contributed by atoms with Gasteiger partial charge in [-0.1, -0.05) is 52.3 Å². The first-order valence-corrected chi connectivity index (χ1v) is 6.36. The van der Waals surface area contributed by atoms with Crippen molar-refractivity contribution in [1.29, 1.82) is 0 Å². The first kappa shape index (κ1) is 12.1. The molecule has 2 rings (SSSR count). The van der Waals surface area contributed by atoms with E-state index in [4.69, 9.17) is 5.73 Å². The number of halogens is 1. The summed E-state index contributed by atoms with van der Waals surface area (Å²) in [4.78, 5) is 0. The standard InChI is InChI=1S/C14H15BrN2/c15-12-7-4-8-13(9-12)17-14(10-16)11-5-2-1-3-6-11/h1-9,14,17H,10,16H2. The van der Waals surface area contributed by atoms with E-state index in [-0.39, 0.29) is 6.04 Å². The van der Waals surface area contributed by atoms with Crippen molar-refractivity contribution in [2.24, 2.45) is 5.73 Å². The zero-order valence-electron chi connectivity index (χ0n) is 9.44. The Labute approximate surface area is 110 Å². The summed E-state index contributed by atoms with van der Waals surface area (Å²) in [6, 6.07) is 18.5. The largest absolute Gasteiger partial charge is 0.377 e. The molecule has 3 heteroatoms. The Hall–Kier alpha value is -1.32. The van der Waals surface area contributed by atoms with Gasteiger partial charge in [0.1, 0.15) is 0 Å². The van der Waals surface area contributed by atoms with E-state index in [0.717, 1.165) is 10.2 Å². The van der Waals surface area contributed by atoms with Crippen LogP contribution >= 0.6 is 15.9 Å². The molecule has 0 saturated carbocycles. The molecule has 0 amide bonds. The number of anilines is 1. The average molecular weight is 291 g/mol. The number of benzene rings is 2. The minimum atomic E-state index is 0.144. The van der Waals surface area contributed by atoms with Crippen molar-refractivity contribution in [3.8, 4) is 0 Å². The van der Waals surface area contributed by atoms with Crippen LogP contribution in [0.4, 0.5) is 5.69 Å². The fourth-order valence-electron chi connectivity index (χ4n) is 1.74. The maximum atomic E-state index is 5.82. The minimum absolute atomic E-state index is 0.144. The highest BCUT2D eigenvalue weighted by Crippen LogP contribution is 2.21. The predicted octanol–water partition coefficient (Wildman–Crippen LogP) is 3.56. The summed E-state index contributed by atoms with van der Waals surface area (Å²) < 4.78 is 1.06. The van der Waals surface area contributed by atoms with E-state index >= 15 is 0 Å². The molecule has 17 heavy (non-hydrogen) atoms. The molecule has 0 heterocycles. The average Bonchev–Trinajstić information content (AvgIpc) is 2.37. The molecule has 88 valence electrons. The van der Waals surface area contributed by atoms with Crippen molar-refractivity contribution in [2.75, 3.05) is 11.9 Å². The molecule has 0 aliphatic heterocycles. The highest BCUT2D eigenvalue weighted by Gasteiger charge is 2.08. The van der Waals surface area contributed by atoms with Crippen molar-refractivity contribution in [3.63, 3.8) is 0 Å². The second kappa shape index (κ2) is 5.84. The monoisotopic (exact) mass is 290 g/mol. The first-order chi connectivity index (χ1) is 8.29. The smallest absolute Gasteiger partial charge is 0.0636 e. The van der Waals surface area contributed by atoms with Gasteiger partial charge in [-0.2, -0.15) is 0 Å². The summed E-state index contributed by atoms with van der Waals surface area (Å²) in [5.41, 5.74) is 8.09. The Balaban J connectivity index is 2.16. The van der Waals surface area contributed by atoms with E-state index in [9.17, 15) is 0 Å². The number of nitrogens with two attached hydrogens (primary N) is 1. The fraction of sp³-hybridized carbons (Fsp3) is 0.143. The molecular formula is C14H15BrN2. The van der Waals surface area contributed by atoms with Crippen molar-refractivity contribution < 1.29 is 0 Å². The summed E-state index contributed by atoms with van der Waals surface area (Å²) in [5, 5.41) is 3.43. The number of hydrogen-bond acceptors (Lipinski definition) is 2. The summed E-state index contributed by atoms with van der Waals surface area (Å²) in [7, 11) is 0. The van der Waals surface area contributed by atoms with Crippen LogP contribution in [0.15, 0.2) is 59.1 Å². The summed E-state index contributed by atoms with van der Waals surface area (Å²) in [5.74, 6) is 0. The molecule has 0 spiro atoms. The SMILES string of the molecule is NCC(Nc1cccc(Br)c1)c1ccccc1. The van der Waals surface area contributed by atoms with E-state index in [0.29, 0.717) is 6.54 Å². The van der Waals surface area contributed by atoms with Crippen LogP contribution in [0.2, 0.25) is 0 Å². The second-order valence-corrected chi connectivity index (χ2v) is 4.77. The van der Waals surface area contributed by atoms with Crippen molar-refractivity contribution in [3.05, 3.63) is 64.6 Å². The van der Waals surface area contributed by atoms with Crippen LogP contribution in [-0.2, 0) is 0 Å². The van der Waals surface area contributed by atoms with E-state index in [1.807, 2.05) is 42.5 Å². The molecule has 3 N–H and O–H groups in total. The van der Waals surface area contributed by atoms with Gasteiger partial charge in [-0.3, -0.25) is 0 Å². The molecule has 0 bridgehead atoms. The second-order valence-electron chi connectivity index (χ2n) is 3.85. The van der Waals surface area contributed by atoms with Crippen LogP contribution in [0.5, 0.6) is 0 Å². The molecule has 0 aromatic heterocycles. The lowest BCUT2D eigenvalue weighted by atomic mass is 10.1. The van der Waals surface area contributed by atoms with Gasteiger partial charge < -0.3 is 11.1 Å². The van der Waals surface area contributed by atoms with Crippen LogP contribution in [0.3, 0.4) is 0 Å². The van der Waals surface area contributed by atoms with Crippen molar-refractivity contribution in [1.82, 2.24) is 0 Å². The Morgan fingerprint density at radius 2 is 1.82 bits per heavy atom. The highest BCUT2D eigenvalue weighted by molar-refractivity contribution is 9.10. The van der Waals surface area contributed by atoms with Gasteiger partial charge in [0.05, 0.1) is 6.04 Å². The third-order valence-corrected chi connectivity index (χ3v) is 3.10. The Kier molecular flexibility index (Phi) is 4.18. The molecule has 0 aliphatic rings. The normalized spacial score (nSPS) is 12.1. The molecule has 2 nitrogen and oxygen atoms in total.